The van der Waals surface area contributed by atoms with Crippen LogP contribution in [0.1, 0.15) is 83.5 Å². The number of benzene rings is 2. The van der Waals surface area contributed by atoms with E-state index in [2.05, 4.69) is 60.2 Å². The van der Waals surface area contributed by atoms with Gasteiger partial charge in [0.2, 0.25) is 0 Å². The molecule has 0 atom stereocenters. The first-order valence-corrected chi connectivity index (χ1v) is 17.4. The van der Waals surface area contributed by atoms with Gasteiger partial charge in [0.05, 0.1) is 4.88 Å². The van der Waals surface area contributed by atoms with Gasteiger partial charge in [0.1, 0.15) is 0 Å². The summed E-state index contributed by atoms with van der Waals surface area (Å²) in [5.74, 6) is 1.46. The SMILES string of the molecule is Cc1csc(C(=O)N(Cc2ccc(-c3ccc(C(=O)N4CCC(CCO)CC4)cc3)cc2)C2CCN(CCC(C)C)CC2)c1. The van der Waals surface area contributed by atoms with Crippen LogP contribution in [0.25, 0.3) is 11.1 Å². The number of aliphatic hydroxyl groups excluding tert-OH is 1. The smallest absolute Gasteiger partial charge is 0.264 e. The number of hydrogen-bond acceptors (Lipinski definition) is 5. The van der Waals surface area contributed by atoms with Crippen LogP contribution in [0.5, 0.6) is 0 Å². The number of amides is 2. The Morgan fingerprint density at radius 3 is 2.14 bits per heavy atom. The number of aliphatic hydroxyl groups is 1. The lowest BCUT2D eigenvalue weighted by molar-refractivity contribution is 0.0550. The summed E-state index contributed by atoms with van der Waals surface area (Å²) >= 11 is 1.55. The van der Waals surface area contributed by atoms with Gasteiger partial charge in [0.15, 0.2) is 0 Å². The minimum Gasteiger partial charge on any atom is -0.396 e. The van der Waals surface area contributed by atoms with E-state index in [1.807, 2.05) is 35.2 Å². The van der Waals surface area contributed by atoms with Crippen molar-refractivity contribution in [1.29, 1.82) is 0 Å². The van der Waals surface area contributed by atoms with Crippen molar-refractivity contribution in [3.63, 3.8) is 0 Å². The van der Waals surface area contributed by atoms with E-state index in [-0.39, 0.29) is 24.5 Å². The Morgan fingerprint density at radius 1 is 0.932 bits per heavy atom. The molecule has 3 heterocycles. The lowest BCUT2D eigenvalue weighted by Gasteiger charge is -2.38. The van der Waals surface area contributed by atoms with Gasteiger partial charge < -0.3 is 19.8 Å². The standard InChI is InChI=1S/C37H49N3O3S/c1-27(2)12-18-38-19-15-34(16-20-38)40(37(43)35-24-28(3)26-44-35)25-30-4-6-31(7-5-30)32-8-10-33(11-9-32)36(42)39-21-13-29(14-22-39)17-23-41/h4-11,24,26-27,29,34,41H,12-23,25H2,1-3H3. The van der Waals surface area contributed by atoms with Crippen LogP contribution in [0.3, 0.4) is 0 Å². The monoisotopic (exact) mass is 615 g/mol. The predicted molar refractivity (Wildman–Crippen MR) is 180 cm³/mol. The third-order valence-corrected chi connectivity index (χ3v) is 10.5. The highest BCUT2D eigenvalue weighted by Gasteiger charge is 2.29. The summed E-state index contributed by atoms with van der Waals surface area (Å²) in [5.41, 5.74) is 5.17. The van der Waals surface area contributed by atoms with Crippen molar-refractivity contribution in [3.8, 4) is 11.1 Å². The third kappa shape index (κ3) is 8.38. The maximum atomic E-state index is 13.8. The zero-order valence-corrected chi connectivity index (χ0v) is 27.5. The van der Waals surface area contributed by atoms with Crippen LogP contribution in [-0.2, 0) is 6.54 Å². The highest BCUT2D eigenvalue weighted by molar-refractivity contribution is 7.12. The van der Waals surface area contributed by atoms with Crippen LogP contribution in [0, 0.1) is 18.8 Å². The second-order valence-corrected chi connectivity index (χ2v) is 14.1. The molecule has 1 N–H and O–H groups in total. The Hall–Kier alpha value is -3.00. The first-order chi connectivity index (χ1) is 21.3. The van der Waals surface area contributed by atoms with Gasteiger partial charge in [-0.25, -0.2) is 0 Å². The quantitative estimate of drug-likeness (QED) is 0.250. The Bertz CT molecular complexity index is 1350. The van der Waals surface area contributed by atoms with E-state index in [0.29, 0.717) is 18.4 Å². The molecule has 0 unspecified atom stereocenters. The number of hydrogen-bond donors (Lipinski definition) is 1. The summed E-state index contributed by atoms with van der Waals surface area (Å²) in [6.45, 7) is 12.2. The highest BCUT2D eigenvalue weighted by atomic mass is 32.1. The van der Waals surface area contributed by atoms with Crippen molar-refractivity contribution in [3.05, 3.63) is 81.5 Å². The van der Waals surface area contributed by atoms with Crippen LogP contribution in [-0.4, -0.2) is 77.0 Å². The molecule has 2 amide bonds. The molecule has 0 bridgehead atoms. The van der Waals surface area contributed by atoms with Crippen molar-refractivity contribution >= 4 is 23.2 Å². The molecule has 236 valence electrons. The van der Waals surface area contributed by atoms with Gasteiger partial charge >= 0.3 is 0 Å². The van der Waals surface area contributed by atoms with Gasteiger partial charge in [0, 0.05) is 50.9 Å². The minimum atomic E-state index is 0.0887. The molecule has 6 nitrogen and oxygen atoms in total. The number of piperidine rings is 2. The number of aryl methyl sites for hydroxylation is 1. The van der Waals surface area contributed by atoms with Gasteiger partial charge in [-0.1, -0.05) is 50.2 Å². The van der Waals surface area contributed by atoms with E-state index < -0.39 is 0 Å². The van der Waals surface area contributed by atoms with Crippen molar-refractivity contribution in [2.24, 2.45) is 11.8 Å². The average Bonchev–Trinajstić information content (AvgIpc) is 3.49. The molecule has 7 heteroatoms. The fourth-order valence-electron chi connectivity index (χ4n) is 6.54. The normalized spacial score (nSPS) is 16.9. The summed E-state index contributed by atoms with van der Waals surface area (Å²) in [6, 6.07) is 18.7. The molecule has 5 rings (SSSR count). The Morgan fingerprint density at radius 2 is 1.57 bits per heavy atom. The number of carbonyl (C=O) groups excluding carboxylic acids is 2. The van der Waals surface area contributed by atoms with Crippen LogP contribution in [0.4, 0.5) is 0 Å². The molecule has 0 saturated carbocycles. The largest absolute Gasteiger partial charge is 0.396 e. The fourth-order valence-corrected chi connectivity index (χ4v) is 7.39. The Balaban J connectivity index is 1.23. The van der Waals surface area contributed by atoms with Crippen molar-refractivity contribution in [2.45, 2.75) is 71.9 Å². The summed E-state index contributed by atoms with van der Waals surface area (Å²) in [4.78, 5) is 34.3. The molecule has 2 aromatic carbocycles. The molecular weight excluding hydrogens is 566 g/mol. The predicted octanol–water partition coefficient (Wildman–Crippen LogP) is 7.11. The maximum absolute atomic E-state index is 13.8. The van der Waals surface area contributed by atoms with E-state index in [9.17, 15) is 14.7 Å². The molecule has 0 radical (unpaired) electrons. The maximum Gasteiger partial charge on any atom is 0.264 e. The van der Waals surface area contributed by atoms with Gasteiger partial charge in [-0.05, 0) is 110 Å². The van der Waals surface area contributed by atoms with Crippen molar-refractivity contribution in [2.75, 3.05) is 39.3 Å². The van der Waals surface area contributed by atoms with Crippen LogP contribution >= 0.6 is 11.3 Å². The highest BCUT2D eigenvalue weighted by Crippen LogP contribution is 2.27. The van der Waals surface area contributed by atoms with Gasteiger partial charge in [0.25, 0.3) is 11.8 Å². The summed E-state index contributed by atoms with van der Waals surface area (Å²) in [5, 5.41) is 11.3. The molecule has 2 aliphatic heterocycles. The summed E-state index contributed by atoms with van der Waals surface area (Å²) < 4.78 is 0. The lowest BCUT2D eigenvalue weighted by Crippen LogP contribution is -2.47. The van der Waals surface area contributed by atoms with E-state index >= 15 is 0 Å². The molecule has 0 spiro atoms. The van der Waals surface area contributed by atoms with E-state index in [4.69, 9.17) is 0 Å². The van der Waals surface area contributed by atoms with Crippen LogP contribution in [0.2, 0.25) is 0 Å². The number of thiophene rings is 1. The fraction of sp³-hybridized carbons (Fsp3) is 0.514. The Kier molecular flexibility index (Phi) is 11.3. The summed E-state index contributed by atoms with van der Waals surface area (Å²) in [6.07, 6.45) is 6.00. The first-order valence-electron chi connectivity index (χ1n) is 16.5. The molecule has 2 saturated heterocycles. The summed E-state index contributed by atoms with van der Waals surface area (Å²) in [7, 11) is 0. The van der Waals surface area contributed by atoms with Crippen molar-refractivity contribution in [1.82, 2.24) is 14.7 Å². The second kappa shape index (κ2) is 15.3. The molecule has 2 aliphatic rings. The number of likely N-dealkylation sites (tertiary alicyclic amines) is 2. The average molecular weight is 616 g/mol. The topological polar surface area (TPSA) is 64.1 Å². The van der Waals surface area contributed by atoms with Crippen molar-refractivity contribution < 1.29 is 14.7 Å². The zero-order chi connectivity index (χ0) is 31.1. The van der Waals surface area contributed by atoms with E-state index in [1.54, 1.807) is 11.3 Å². The van der Waals surface area contributed by atoms with E-state index in [1.165, 1.54) is 6.42 Å². The number of carbonyl (C=O) groups is 2. The molecule has 0 aliphatic carbocycles. The van der Waals surface area contributed by atoms with Gasteiger partial charge in [-0.2, -0.15) is 0 Å². The molecule has 44 heavy (non-hydrogen) atoms. The molecule has 1 aromatic heterocycles. The van der Waals surface area contributed by atoms with Gasteiger partial charge in [-0.3, -0.25) is 9.59 Å². The van der Waals surface area contributed by atoms with Gasteiger partial charge in [-0.15, -0.1) is 11.3 Å². The Labute approximate surface area is 267 Å². The number of nitrogens with zero attached hydrogens (tertiary/aromatic N) is 3. The first kappa shape index (κ1) is 32.4. The molecular formula is C37H49N3O3S. The molecule has 3 aromatic rings. The zero-order valence-electron chi connectivity index (χ0n) is 26.7. The third-order valence-electron chi connectivity index (χ3n) is 9.43. The van der Waals surface area contributed by atoms with E-state index in [0.717, 1.165) is 97.5 Å². The van der Waals surface area contributed by atoms with Crippen LogP contribution in [0.15, 0.2) is 60.0 Å². The van der Waals surface area contributed by atoms with Crippen LogP contribution < -0.4 is 0 Å². The second-order valence-electron chi connectivity index (χ2n) is 13.2. The number of rotatable bonds is 11. The minimum absolute atomic E-state index is 0.0887. The lowest BCUT2D eigenvalue weighted by atomic mass is 9.93. The molecule has 2 fully saturated rings.